The number of rotatable bonds is 6. The molecule has 136 valence electrons. The van der Waals surface area contributed by atoms with Gasteiger partial charge in [0.1, 0.15) is 12.4 Å². The van der Waals surface area contributed by atoms with Gasteiger partial charge in [-0.25, -0.2) is 4.79 Å². The minimum Gasteiger partial charge on any atom is -0.489 e. The molecule has 4 nitrogen and oxygen atoms in total. The summed E-state index contributed by atoms with van der Waals surface area (Å²) in [7, 11) is 1.35. The van der Waals surface area contributed by atoms with E-state index in [4.69, 9.17) is 16.3 Å². The molecule has 0 aliphatic heterocycles. The molecule has 5 heteroatoms. The Bertz CT molecular complexity index is 930. The topological polar surface area (TPSA) is 52.6 Å². The van der Waals surface area contributed by atoms with E-state index in [1.54, 1.807) is 60.7 Å². The monoisotopic (exact) mass is 380 g/mol. The SMILES string of the molecule is COC(=O)c1ccc(COc2ccc(C(=O)c3ccc(Cl)cc3)cc2)cc1. The van der Waals surface area contributed by atoms with E-state index >= 15 is 0 Å². The molecule has 3 rings (SSSR count). The second-order valence-corrected chi connectivity index (χ2v) is 6.27. The first-order valence-electron chi connectivity index (χ1n) is 8.27. The van der Waals surface area contributed by atoms with Gasteiger partial charge >= 0.3 is 5.97 Å². The highest BCUT2D eigenvalue weighted by atomic mass is 35.5. The zero-order valence-electron chi connectivity index (χ0n) is 14.6. The van der Waals surface area contributed by atoms with E-state index in [0.29, 0.717) is 34.1 Å². The van der Waals surface area contributed by atoms with Crippen LogP contribution in [-0.4, -0.2) is 18.9 Å². The van der Waals surface area contributed by atoms with Crippen molar-refractivity contribution < 1.29 is 19.1 Å². The molecular formula is C22H17ClO4. The van der Waals surface area contributed by atoms with Gasteiger partial charge in [-0.15, -0.1) is 0 Å². The molecule has 3 aromatic rings. The van der Waals surface area contributed by atoms with Gasteiger partial charge in [0.25, 0.3) is 0 Å². The molecule has 0 spiro atoms. The fraction of sp³-hybridized carbons (Fsp3) is 0.0909. The quantitative estimate of drug-likeness (QED) is 0.449. The molecule has 27 heavy (non-hydrogen) atoms. The van der Waals surface area contributed by atoms with Crippen molar-refractivity contribution in [1.82, 2.24) is 0 Å². The molecule has 0 aliphatic rings. The molecule has 0 saturated heterocycles. The number of ether oxygens (including phenoxy) is 2. The molecular weight excluding hydrogens is 364 g/mol. The Kier molecular flexibility index (Phi) is 5.89. The van der Waals surface area contributed by atoms with E-state index in [0.717, 1.165) is 5.56 Å². The fourth-order valence-corrected chi connectivity index (χ4v) is 2.62. The average Bonchev–Trinajstić information content (AvgIpc) is 2.72. The van der Waals surface area contributed by atoms with E-state index in [9.17, 15) is 9.59 Å². The van der Waals surface area contributed by atoms with E-state index in [-0.39, 0.29) is 11.8 Å². The first-order chi connectivity index (χ1) is 13.1. The summed E-state index contributed by atoms with van der Waals surface area (Å²) in [5, 5.41) is 0.593. The van der Waals surface area contributed by atoms with Crippen LogP contribution < -0.4 is 4.74 Å². The first kappa shape index (κ1) is 18.7. The van der Waals surface area contributed by atoms with Crippen molar-refractivity contribution in [2.75, 3.05) is 7.11 Å². The summed E-state index contributed by atoms with van der Waals surface area (Å²) >= 11 is 5.85. The fourth-order valence-electron chi connectivity index (χ4n) is 2.49. The molecule has 0 fully saturated rings. The summed E-state index contributed by atoms with van der Waals surface area (Å²) in [4.78, 5) is 23.9. The second kappa shape index (κ2) is 8.52. The molecule has 3 aromatic carbocycles. The molecule has 0 saturated carbocycles. The Morgan fingerprint density at radius 1 is 0.778 bits per heavy atom. The van der Waals surface area contributed by atoms with Crippen LogP contribution in [-0.2, 0) is 11.3 Å². The van der Waals surface area contributed by atoms with Crippen molar-refractivity contribution in [2.24, 2.45) is 0 Å². The van der Waals surface area contributed by atoms with E-state index in [1.807, 2.05) is 12.1 Å². The van der Waals surface area contributed by atoms with Crippen molar-refractivity contribution in [3.63, 3.8) is 0 Å². The normalized spacial score (nSPS) is 10.3. The second-order valence-electron chi connectivity index (χ2n) is 5.84. The maximum absolute atomic E-state index is 12.4. The number of methoxy groups -OCH3 is 1. The van der Waals surface area contributed by atoms with Crippen LogP contribution in [0.15, 0.2) is 72.8 Å². The van der Waals surface area contributed by atoms with Gasteiger partial charge in [0.2, 0.25) is 0 Å². The molecule has 0 heterocycles. The summed E-state index contributed by atoms with van der Waals surface area (Å²) in [6.07, 6.45) is 0. The average molecular weight is 381 g/mol. The predicted molar refractivity (Wildman–Crippen MR) is 103 cm³/mol. The van der Waals surface area contributed by atoms with Crippen molar-refractivity contribution in [1.29, 1.82) is 0 Å². The molecule has 0 atom stereocenters. The van der Waals surface area contributed by atoms with Crippen molar-refractivity contribution >= 4 is 23.4 Å². The number of carbonyl (C=O) groups is 2. The Morgan fingerprint density at radius 2 is 1.30 bits per heavy atom. The van der Waals surface area contributed by atoms with Crippen molar-refractivity contribution in [2.45, 2.75) is 6.61 Å². The third-order valence-corrected chi connectivity index (χ3v) is 4.26. The van der Waals surface area contributed by atoms with Crippen molar-refractivity contribution in [3.05, 3.63) is 100 Å². The Morgan fingerprint density at radius 3 is 1.85 bits per heavy atom. The van der Waals surface area contributed by atoms with E-state index < -0.39 is 0 Å². The van der Waals surface area contributed by atoms with Gasteiger partial charge in [-0.2, -0.15) is 0 Å². The molecule has 0 radical (unpaired) electrons. The van der Waals surface area contributed by atoms with E-state index in [1.165, 1.54) is 7.11 Å². The van der Waals surface area contributed by atoms with Gasteiger partial charge in [0.05, 0.1) is 12.7 Å². The zero-order valence-corrected chi connectivity index (χ0v) is 15.4. The zero-order chi connectivity index (χ0) is 19.2. The number of esters is 1. The third-order valence-electron chi connectivity index (χ3n) is 4.00. The van der Waals surface area contributed by atoms with Crippen LogP contribution >= 0.6 is 11.6 Å². The number of ketones is 1. The largest absolute Gasteiger partial charge is 0.489 e. The Balaban J connectivity index is 1.61. The molecule has 0 N–H and O–H groups in total. The summed E-state index contributed by atoms with van der Waals surface area (Å²) in [6.45, 7) is 0.353. The van der Waals surface area contributed by atoms with Gasteiger partial charge in [0, 0.05) is 16.1 Å². The van der Waals surface area contributed by atoms with Gasteiger partial charge in [-0.05, 0) is 66.2 Å². The highest BCUT2D eigenvalue weighted by Crippen LogP contribution is 2.18. The smallest absolute Gasteiger partial charge is 0.337 e. The highest BCUT2D eigenvalue weighted by Gasteiger charge is 2.09. The molecule has 0 aromatic heterocycles. The Hall–Kier alpha value is -3.11. The standard InChI is InChI=1S/C22H17ClO4/c1-26-22(25)18-4-2-15(3-5-18)14-27-20-12-8-17(9-13-20)21(24)16-6-10-19(23)11-7-16/h2-13H,14H2,1H3. The number of carbonyl (C=O) groups excluding carboxylic acids is 2. The number of halogens is 1. The maximum Gasteiger partial charge on any atom is 0.337 e. The summed E-state index contributed by atoms with van der Waals surface area (Å²) < 4.78 is 10.4. The van der Waals surface area contributed by atoms with E-state index in [2.05, 4.69) is 4.74 Å². The lowest BCUT2D eigenvalue weighted by atomic mass is 10.0. The van der Waals surface area contributed by atoms with Crippen LogP contribution in [0.3, 0.4) is 0 Å². The summed E-state index contributed by atoms with van der Waals surface area (Å²) in [5.41, 5.74) is 2.57. The molecule has 0 aliphatic carbocycles. The van der Waals surface area contributed by atoms with Crippen molar-refractivity contribution in [3.8, 4) is 5.75 Å². The van der Waals surface area contributed by atoms with Crippen LogP contribution in [0.5, 0.6) is 5.75 Å². The van der Waals surface area contributed by atoms with Gasteiger partial charge in [-0.3, -0.25) is 4.79 Å². The van der Waals surface area contributed by atoms with Gasteiger partial charge in [-0.1, -0.05) is 23.7 Å². The van der Waals surface area contributed by atoms with Gasteiger partial charge in [0.15, 0.2) is 5.78 Å². The first-order valence-corrected chi connectivity index (χ1v) is 8.65. The summed E-state index contributed by atoms with van der Waals surface area (Å²) in [6, 6.07) is 20.8. The number of benzene rings is 3. The van der Waals surface area contributed by atoms with Crippen LogP contribution in [0.25, 0.3) is 0 Å². The Labute approximate surface area is 162 Å². The van der Waals surface area contributed by atoms with Crippen LogP contribution in [0.4, 0.5) is 0 Å². The highest BCUT2D eigenvalue weighted by molar-refractivity contribution is 6.30. The van der Waals surface area contributed by atoms with Gasteiger partial charge < -0.3 is 9.47 Å². The third kappa shape index (κ3) is 4.74. The lowest BCUT2D eigenvalue weighted by Gasteiger charge is -2.08. The lowest BCUT2D eigenvalue weighted by molar-refractivity contribution is 0.0600. The minimum atomic E-state index is -0.372. The maximum atomic E-state index is 12.4. The number of hydrogen-bond acceptors (Lipinski definition) is 4. The molecule has 0 bridgehead atoms. The summed E-state index contributed by atoms with van der Waals surface area (Å²) in [5.74, 6) is 0.208. The molecule has 0 unspecified atom stereocenters. The lowest BCUT2D eigenvalue weighted by Crippen LogP contribution is -2.02. The van der Waals surface area contributed by atoms with Crippen LogP contribution in [0.1, 0.15) is 31.8 Å². The predicted octanol–water partition coefficient (Wildman–Crippen LogP) is 4.94. The minimum absolute atomic E-state index is 0.0726. The molecule has 0 amide bonds. The van der Waals surface area contributed by atoms with Crippen LogP contribution in [0.2, 0.25) is 5.02 Å². The number of hydrogen-bond donors (Lipinski definition) is 0. The van der Waals surface area contributed by atoms with Crippen LogP contribution in [0, 0.1) is 0 Å².